The second-order valence-electron chi connectivity index (χ2n) is 6.34. The van der Waals surface area contributed by atoms with E-state index >= 15 is 0 Å². The van der Waals surface area contributed by atoms with Crippen molar-refractivity contribution in [3.05, 3.63) is 12.3 Å². The Labute approximate surface area is 131 Å². The Morgan fingerprint density at radius 1 is 1.10 bits per heavy atom. The first-order valence-electron chi connectivity index (χ1n) is 8.37. The average molecular weight is 298 g/mol. The molecule has 0 N–H and O–H groups in total. The molecule has 0 heterocycles. The zero-order valence-electron chi connectivity index (χ0n) is 14.6. The molecule has 0 fully saturated rings. The van der Waals surface area contributed by atoms with Crippen LogP contribution in [0.3, 0.4) is 0 Å². The van der Waals surface area contributed by atoms with Crippen molar-refractivity contribution < 1.29 is 14.3 Å². The molecule has 1 unspecified atom stereocenters. The smallest absolute Gasteiger partial charge is 0.349 e. The van der Waals surface area contributed by atoms with Crippen molar-refractivity contribution in [1.29, 1.82) is 0 Å². The number of allylic oxidation sites excluding steroid dienone is 1. The molecule has 0 rings (SSSR count). The third kappa shape index (κ3) is 10.4. The first-order chi connectivity index (χ1) is 9.94. The molecule has 0 radical (unpaired) electrons. The van der Waals surface area contributed by atoms with Crippen LogP contribution in [0, 0.1) is 5.92 Å². The van der Waals surface area contributed by atoms with Gasteiger partial charge in [0, 0.05) is 0 Å². The predicted octanol–water partition coefficient (Wildman–Crippen LogP) is 5.25. The van der Waals surface area contributed by atoms with Gasteiger partial charge in [-0.25, -0.2) is 4.79 Å². The van der Waals surface area contributed by atoms with Crippen LogP contribution in [-0.2, 0) is 14.3 Å². The summed E-state index contributed by atoms with van der Waals surface area (Å²) in [5.41, 5.74) is -0.912. The Morgan fingerprint density at radius 3 is 2.24 bits per heavy atom. The largest absolute Gasteiger partial charge is 0.484 e. The van der Waals surface area contributed by atoms with Gasteiger partial charge in [0.05, 0.1) is 13.4 Å². The van der Waals surface area contributed by atoms with E-state index in [1.165, 1.54) is 58.5 Å². The van der Waals surface area contributed by atoms with Crippen LogP contribution >= 0.6 is 0 Å². The van der Waals surface area contributed by atoms with Gasteiger partial charge in [-0.05, 0) is 32.3 Å². The molecule has 0 aliphatic heterocycles. The number of rotatable bonds is 12. The molecule has 0 aromatic carbocycles. The van der Waals surface area contributed by atoms with E-state index in [4.69, 9.17) is 9.47 Å². The highest BCUT2D eigenvalue weighted by Crippen LogP contribution is 2.16. The van der Waals surface area contributed by atoms with Crippen LogP contribution in [0.1, 0.15) is 79.1 Å². The molecule has 124 valence electrons. The average Bonchev–Trinajstić information content (AvgIpc) is 2.45. The Hall–Kier alpha value is -0.990. The van der Waals surface area contributed by atoms with Crippen LogP contribution in [0.15, 0.2) is 12.3 Å². The Kier molecular flexibility index (Phi) is 11.1. The van der Waals surface area contributed by atoms with Gasteiger partial charge < -0.3 is 9.47 Å². The minimum absolute atomic E-state index is 0.355. The summed E-state index contributed by atoms with van der Waals surface area (Å²) in [5.74, 6) is 0.126. The Bertz CT molecular complexity index is 295. The zero-order valence-corrected chi connectivity index (χ0v) is 14.6. The normalized spacial score (nSPS) is 13.4. The van der Waals surface area contributed by atoms with E-state index in [9.17, 15) is 4.79 Å². The number of carbonyl (C=O) groups excluding carboxylic acids is 1. The van der Waals surface area contributed by atoms with Crippen LogP contribution in [0.5, 0.6) is 0 Å². The zero-order chi connectivity index (χ0) is 16.1. The van der Waals surface area contributed by atoms with Gasteiger partial charge in [-0.2, -0.15) is 0 Å². The second kappa shape index (κ2) is 11.6. The number of ether oxygens (including phenoxy) is 2. The molecule has 3 nitrogen and oxygen atoms in total. The molecule has 0 saturated carbocycles. The van der Waals surface area contributed by atoms with Crippen LogP contribution in [0.2, 0.25) is 0 Å². The second-order valence-corrected chi connectivity index (χ2v) is 6.34. The molecule has 0 aromatic heterocycles. The van der Waals surface area contributed by atoms with Crippen LogP contribution in [-0.4, -0.2) is 18.7 Å². The van der Waals surface area contributed by atoms with Crippen LogP contribution < -0.4 is 0 Å². The van der Waals surface area contributed by atoms with Gasteiger partial charge in [-0.1, -0.05) is 58.8 Å². The molecule has 0 saturated heterocycles. The number of esters is 1. The van der Waals surface area contributed by atoms with Gasteiger partial charge in [0.1, 0.15) is 0 Å². The van der Waals surface area contributed by atoms with E-state index in [2.05, 4.69) is 13.8 Å². The van der Waals surface area contributed by atoms with Gasteiger partial charge in [0.2, 0.25) is 0 Å². The summed E-state index contributed by atoms with van der Waals surface area (Å²) in [4.78, 5) is 11.4. The maximum Gasteiger partial charge on any atom is 0.349 e. The lowest BCUT2D eigenvalue weighted by Gasteiger charge is -2.21. The van der Waals surface area contributed by atoms with E-state index in [1.807, 2.05) is 6.08 Å². The summed E-state index contributed by atoms with van der Waals surface area (Å²) in [7, 11) is 1.38. The van der Waals surface area contributed by atoms with E-state index in [0.29, 0.717) is 5.92 Å². The lowest BCUT2D eigenvalue weighted by Crippen LogP contribution is -2.34. The third-order valence-corrected chi connectivity index (χ3v) is 3.71. The summed E-state index contributed by atoms with van der Waals surface area (Å²) in [6.45, 7) is 7.86. The summed E-state index contributed by atoms with van der Waals surface area (Å²) >= 11 is 0. The van der Waals surface area contributed by atoms with Crippen molar-refractivity contribution in [2.24, 2.45) is 5.92 Å². The molecule has 0 amide bonds. The predicted molar refractivity (Wildman–Crippen MR) is 88.1 cm³/mol. The Balaban J connectivity index is 3.72. The van der Waals surface area contributed by atoms with Crippen molar-refractivity contribution in [3.63, 3.8) is 0 Å². The van der Waals surface area contributed by atoms with Crippen LogP contribution in [0.4, 0.5) is 0 Å². The lowest BCUT2D eigenvalue weighted by atomic mass is 10.0. The summed E-state index contributed by atoms with van der Waals surface area (Å²) in [5, 5.41) is 0. The van der Waals surface area contributed by atoms with Gasteiger partial charge in [0.25, 0.3) is 0 Å². The van der Waals surface area contributed by atoms with E-state index in [1.54, 1.807) is 20.1 Å². The first kappa shape index (κ1) is 20.0. The molecule has 0 bridgehead atoms. The van der Waals surface area contributed by atoms with E-state index in [-0.39, 0.29) is 5.97 Å². The highest BCUT2D eigenvalue weighted by Gasteiger charge is 2.29. The fourth-order valence-corrected chi connectivity index (χ4v) is 2.16. The topological polar surface area (TPSA) is 35.5 Å². The van der Waals surface area contributed by atoms with E-state index < -0.39 is 5.60 Å². The third-order valence-electron chi connectivity index (χ3n) is 3.71. The first-order valence-corrected chi connectivity index (χ1v) is 8.37. The summed E-state index contributed by atoms with van der Waals surface area (Å²) in [6.07, 6.45) is 14.2. The minimum Gasteiger partial charge on any atom is -0.484 e. The number of methoxy groups -OCH3 is 1. The van der Waals surface area contributed by atoms with Crippen molar-refractivity contribution in [2.45, 2.75) is 84.7 Å². The molecule has 3 heteroatoms. The SMILES string of the molecule is CCCCCCCCCC(C)C=COC(C)(C)C(=O)OC. The van der Waals surface area contributed by atoms with Crippen molar-refractivity contribution in [2.75, 3.05) is 7.11 Å². The number of unbranched alkanes of at least 4 members (excludes halogenated alkanes) is 6. The maximum atomic E-state index is 11.4. The van der Waals surface area contributed by atoms with E-state index in [0.717, 1.165) is 0 Å². The summed E-state index contributed by atoms with van der Waals surface area (Å²) in [6, 6.07) is 0. The van der Waals surface area contributed by atoms with Gasteiger partial charge in [0.15, 0.2) is 5.60 Å². The minimum atomic E-state index is -0.912. The summed E-state index contributed by atoms with van der Waals surface area (Å²) < 4.78 is 10.2. The van der Waals surface area contributed by atoms with Gasteiger partial charge in [-0.15, -0.1) is 0 Å². The van der Waals surface area contributed by atoms with Crippen molar-refractivity contribution in [3.8, 4) is 0 Å². The van der Waals surface area contributed by atoms with Crippen LogP contribution in [0.25, 0.3) is 0 Å². The monoisotopic (exact) mass is 298 g/mol. The fraction of sp³-hybridized carbons (Fsp3) is 0.833. The molecule has 21 heavy (non-hydrogen) atoms. The molecular weight excluding hydrogens is 264 g/mol. The van der Waals surface area contributed by atoms with Crippen molar-refractivity contribution in [1.82, 2.24) is 0 Å². The van der Waals surface area contributed by atoms with Gasteiger partial charge >= 0.3 is 5.97 Å². The lowest BCUT2D eigenvalue weighted by molar-refractivity contribution is -0.159. The van der Waals surface area contributed by atoms with Crippen molar-refractivity contribution >= 4 is 5.97 Å². The molecule has 0 aromatic rings. The highest BCUT2D eigenvalue weighted by atomic mass is 16.6. The van der Waals surface area contributed by atoms with Gasteiger partial charge in [-0.3, -0.25) is 0 Å². The Morgan fingerprint density at radius 2 is 1.67 bits per heavy atom. The number of hydrogen-bond acceptors (Lipinski definition) is 3. The molecule has 0 aliphatic rings. The number of hydrogen-bond donors (Lipinski definition) is 0. The molecule has 0 aliphatic carbocycles. The fourth-order valence-electron chi connectivity index (χ4n) is 2.16. The molecule has 0 spiro atoms. The maximum absolute atomic E-state index is 11.4. The molecule has 1 atom stereocenters. The number of carbonyl (C=O) groups is 1. The molecular formula is C18H34O3. The quantitative estimate of drug-likeness (QED) is 0.280. The highest BCUT2D eigenvalue weighted by molar-refractivity contribution is 5.78. The standard InChI is InChI=1S/C18H34O3/c1-6-7-8-9-10-11-12-13-16(2)14-15-21-18(3,4)17(19)20-5/h14-16H,6-13H2,1-5H3.